The van der Waals surface area contributed by atoms with Crippen LogP contribution in [0.1, 0.15) is 17.4 Å². The number of halogens is 2. The molecule has 100 valence electrons. The summed E-state index contributed by atoms with van der Waals surface area (Å²) in [5.74, 6) is -0.324. The Labute approximate surface area is 131 Å². The van der Waals surface area contributed by atoms with E-state index in [2.05, 4.69) is 43.5 Å². The second-order valence-corrected chi connectivity index (χ2v) is 5.65. The van der Waals surface area contributed by atoms with Crippen molar-refractivity contribution < 1.29 is 13.9 Å². The van der Waals surface area contributed by atoms with E-state index in [1.807, 2.05) is 18.2 Å². The molecular formula is C12H10BrIN2O3. The Morgan fingerprint density at radius 3 is 3.00 bits per heavy atom. The van der Waals surface area contributed by atoms with E-state index in [1.165, 1.54) is 0 Å². The molecule has 0 atom stereocenters. The summed E-state index contributed by atoms with van der Waals surface area (Å²) in [5.41, 5.74) is 6.42. The molecule has 0 unspecified atom stereocenters. The average molecular weight is 437 g/mol. The molecule has 0 bridgehead atoms. The highest BCUT2D eigenvalue weighted by Gasteiger charge is 2.21. The van der Waals surface area contributed by atoms with Crippen LogP contribution in [0, 0.1) is 3.57 Å². The topological polar surface area (TPSA) is 78.3 Å². The van der Waals surface area contributed by atoms with Gasteiger partial charge in [-0.2, -0.15) is 4.98 Å². The zero-order chi connectivity index (χ0) is 14.0. The monoisotopic (exact) mass is 436 g/mol. The molecule has 1 aromatic heterocycles. The number of benzene rings is 1. The molecule has 0 radical (unpaired) electrons. The van der Waals surface area contributed by atoms with E-state index in [0.717, 1.165) is 13.6 Å². The maximum Gasteiger partial charge on any atom is 0.362 e. The second-order valence-electron chi connectivity index (χ2n) is 3.58. The van der Waals surface area contributed by atoms with E-state index in [9.17, 15) is 4.79 Å². The Kier molecular flexibility index (Phi) is 4.46. The second kappa shape index (κ2) is 5.91. The number of nitrogen functional groups attached to an aromatic ring is 1. The highest BCUT2D eigenvalue weighted by Crippen LogP contribution is 2.30. The number of nitrogens with two attached hydrogens (primary N) is 1. The molecule has 7 heteroatoms. The molecule has 0 fully saturated rings. The summed E-state index contributed by atoms with van der Waals surface area (Å²) in [6.07, 6.45) is 0. The molecule has 2 rings (SSSR count). The van der Waals surface area contributed by atoms with Gasteiger partial charge in [0.05, 0.1) is 12.2 Å². The van der Waals surface area contributed by atoms with Crippen LogP contribution in [0.15, 0.2) is 27.1 Å². The Bertz CT molecular complexity index is 627. The van der Waals surface area contributed by atoms with Crippen molar-refractivity contribution in [1.82, 2.24) is 4.98 Å². The lowest BCUT2D eigenvalue weighted by atomic mass is 10.2. The number of esters is 1. The summed E-state index contributed by atoms with van der Waals surface area (Å²) in [6.45, 7) is 1.97. The summed E-state index contributed by atoms with van der Waals surface area (Å²) in [5, 5.41) is 0. The predicted octanol–water partition coefficient (Wildman–Crippen LogP) is 3.47. The lowest BCUT2D eigenvalue weighted by Gasteiger charge is -2.00. The van der Waals surface area contributed by atoms with Gasteiger partial charge in [-0.3, -0.25) is 0 Å². The van der Waals surface area contributed by atoms with Gasteiger partial charge in [0.25, 0.3) is 0 Å². The summed E-state index contributed by atoms with van der Waals surface area (Å²) in [6, 6.07) is 5.66. The molecule has 0 aliphatic rings. The first-order chi connectivity index (χ1) is 9.02. The Balaban J connectivity index is 2.44. The molecule has 0 saturated heterocycles. The lowest BCUT2D eigenvalue weighted by Crippen LogP contribution is -2.07. The largest absolute Gasteiger partial charge is 0.461 e. The van der Waals surface area contributed by atoms with Gasteiger partial charge in [-0.05, 0) is 47.7 Å². The molecule has 5 nitrogen and oxygen atoms in total. The number of anilines is 1. The van der Waals surface area contributed by atoms with Gasteiger partial charge in [0.1, 0.15) is 0 Å². The summed E-state index contributed by atoms with van der Waals surface area (Å²) in [4.78, 5) is 15.7. The third-order valence-corrected chi connectivity index (χ3v) is 3.71. The van der Waals surface area contributed by atoms with Crippen molar-refractivity contribution in [3.63, 3.8) is 0 Å². The van der Waals surface area contributed by atoms with Crippen LogP contribution < -0.4 is 5.73 Å². The number of ether oxygens (including phenoxy) is 1. The first-order valence-electron chi connectivity index (χ1n) is 5.41. The SMILES string of the molecule is CCOC(=O)c1nc(-c2cc(Br)ccc2I)oc1N. The van der Waals surface area contributed by atoms with Crippen LogP contribution in [0.25, 0.3) is 11.5 Å². The van der Waals surface area contributed by atoms with E-state index < -0.39 is 5.97 Å². The fraction of sp³-hybridized carbons (Fsp3) is 0.167. The van der Waals surface area contributed by atoms with Crippen LogP contribution in [-0.2, 0) is 4.74 Å². The lowest BCUT2D eigenvalue weighted by molar-refractivity contribution is 0.0521. The number of oxazole rings is 1. The average Bonchev–Trinajstić information content (AvgIpc) is 2.74. The first-order valence-corrected chi connectivity index (χ1v) is 7.29. The molecule has 2 N–H and O–H groups in total. The van der Waals surface area contributed by atoms with Gasteiger partial charge in [-0.1, -0.05) is 15.9 Å². The molecule has 0 aliphatic carbocycles. The number of aromatic nitrogens is 1. The fourth-order valence-electron chi connectivity index (χ4n) is 1.45. The van der Waals surface area contributed by atoms with Gasteiger partial charge in [-0.15, -0.1) is 0 Å². The van der Waals surface area contributed by atoms with E-state index in [4.69, 9.17) is 14.9 Å². The summed E-state index contributed by atoms with van der Waals surface area (Å²) in [7, 11) is 0. The van der Waals surface area contributed by atoms with Gasteiger partial charge < -0.3 is 14.9 Å². The van der Waals surface area contributed by atoms with Crippen LogP contribution in [0.2, 0.25) is 0 Å². The molecule has 19 heavy (non-hydrogen) atoms. The molecule has 0 aliphatic heterocycles. The van der Waals surface area contributed by atoms with Crippen molar-refractivity contribution in [3.8, 4) is 11.5 Å². The van der Waals surface area contributed by atoms with E-state index in [-0.39, 0.29) is 18.2 Å². The number of rotatable bonds is 3. The maximum atomic E-state index is 11.6. The molecule has 0 spiro atoms. The van der Waals surface area contributed by atoms with Crippen molar-refractivity contribution in [3.05, 3.63) is 31.9 Å². The van der Waals surface area contributed by atoms with Crippen molar-refractivity contribution in [1.29, 1.82) is 0 Å². The standard InChI is InChI=1S/C12H10BrIN2O3/c1-2-18-12(17)9-10(15)19-11(16-9)7-5-6(13)3-4-8(7)14/h3-5H,2,15H2,1H3. The van der Waals surface area contributed by atoms with E-state index >= 15 is 0 Å². The molecule has 1 heterocycles. The first kappa shape index (κ1) is 14.3. The normalized spacial score (nSPS) is 10.5. The highest BCUT2D eigenvalue weighted by atomic mass is 127. The third-order valence-electron chi connectivity index (χ3n) is 2.28. The van der Waals surface area contributed by atoms with Crippen molar-refractivity contribution in [2.45, 2.75) is 6.92 Å². The Morgan fingerprint density at radius 1 is 1.58 bits per heavy atom. The van der Waals surface area contributed by atoms with Crippen LogP contribution in [0.4, 0.5) is 5.88 Å². The van der Waals surface area contributed by atoms with Gasteiger partial charge >= 0.3 is 5.97 Å². The smallest absolute Gasteiger partial charge is 0.362 e. The minimum absolute atomic E-state index is 0.00706. The highest BCUT2D eigenvalue weighted by molar-refractivity contribution is 14.1. The number of nitrogens with zero attached hydrogens (tertiary/aromatic N) is 1. The number of carbonyl (C=O) groups excluding carboxylic acids is 1. The van der Waals surface area contributed by atoms with E-state index in [1.54, 1.807) is 6.92 Å². The number of hydrogen-bond donors (Lipinski definition) is 1. The van der Waals surface area contributed by atoms with Gasteiger partial charge in [-0.25, -0.2) is 4.79 Å². The minimum Gasteiger partial charge on any atom is -0.461 e. The van der Waals surface area contributed by atoms with E-state index in [0.29, 0.717) is 5.89 Å². The zero-order valence-corrected chi connectivity index (χ0v) is 13.7. The van der Waals surface area contributed by atoms with Crippen molar-refractivity contribution >= 4 is 50.4 Å². The van der Waals surface area contributed by atoms with Crippen molar-refractivity contribution in [2.75, 3.05) is 12.3 Å². The van der Waals surface area contributed by atoms with Crippen LogP contribution in [-0.4, -0.2) is 17.6 Å². The Morgan fingerprint density at radius 2 is 2.32 bits per heavy atom. The molecule has 0 amide bonds. The number of hydrogen-bond acceptors (Lipinski definition) is 5. The molecule has 2 aromatic rings. The van der Waals surface area contributed by atoms with Gasteiger partial charge in [0, 0.05) is 8.04 Å². The maximum absolute atomic E-state index is 11.6. The summed E-state index contributed by atoms with van der Waals surface area (Å²) < 4.78 is 12.0. The molecular weight excluding hydrogens is 427 g/mol. The molecule has 0 saturated carbocycles. The van der Waals surface area contributed by atoms with Gasteiger partial charge in [0.15, 0.2) is 0 Å². The molecule has 1 aromatic carbocycles. The quantitative estimate of drug-likeness (QED) is 0.588. The Hall–Kier alpha value is -1.09. The predicted molar refractivity (Wildman–Crippen MR) is 82.7 cm³/mol. The van der Waals surface area contributed by atoms with Crippen LogP contribution >= 0.6 is 38.5 Å². The minimum atomic E-state index is -0.583. The van der Waals surface area contributed by atoms with Crippen LogP contribution in [0.5, 0.6) is 0 Å². The zero-order valence-electron chi connectivity index (χ0n) is 9.94. The van der Waals surface area contributed by atoms with Crippen LogP contribution in [0.3, 0.4) is 0 Å². The summed E-state index contributed by atoms with van der Waals surface area (Å²) >= 11 is 5.53. The van der Waals surface area contributed by atoms with Gasteiger partial charge in [0.2, 0.25) is 17.5 Å². The van der Waals surface area contributed by atoms with Crippen molar-refractivity contribution in [2.24, 2.45) is 0 Å². The number of carbonyl (C=O) groups is 1. The fourth-order valence-corrected chi connectivity index (χ4v) is 2.38. The third kappa shape index (κ3) is 3.08.